The number of para-hydroxylation sites is 1. The third kappa shape index (κ3) is 3.87. The van der Waals surface area contributed by atoms with E-state index in [1.165, 1.54) is 0 Å². The maximum absolute atomic E-state index is 12.0. The quantitative estimate of drug-likeness (QED) is 0.409. The number of amides is 1. The lowest BCUT2D eigenvalue weighted by atomic mass is 10.1. The van der Waals surface area contributed by atoms with Gasteiger partial charge in [0.2, 0.25) is 0 Å². The Bertz CT molecular complexity index is 933. The highest BCUT2D eigenvalue weighted by atomic mass is 16.6. The Morgan fingerprint density at radius 1 is 1.08 bits per heavy atom. The summed E-state index contributed by atoms with van der Waals surface area (Å²) < 4.78 is 5.20. The molecule has 2 aromatic carbocycles. The fourth-order valence-corrected chi connectivity index (χ4v) is 2.48. The first-order chi connectivity index (χ1) is 12.2. The molecule has 0 bridgehead atoms. The van der Waals surface area contributed by atoms with Crippen LogP contribution in [0.4, 0.5) is 0 Å². The van der Waals surface area contributed by atoms with Gasteiger partial charge < -0.3 is 9.52 Å². The average Bonchev–Trinajstić information content (AvgIpc) is 2.64. The molecular weight excluding hydrogens is 322 g/mol. The predicted molar refractivity (Wildman–Crippen MR) is 92.3 cm³/mol. The molecule has 0 atom stereocenters. The van der Waals surface area contributed by atoms with Gasteiger partial charge in [0.25, 0.3) is 5.91 Å². The highest BCUT2D eigenvalue weighted by Crippen LogP contribution is 2.26. The van der Waals surface area contributed by atoms with Crippen molar-refractivity contribution in [3.8, 4) is 5.75 Å². The fraction of sp³-hybridized carbons (Fsp3) is 0.158. The summed E-state index contributed by atoms with van der Waals surface area (Å²) in [7, 11) is 0. The molecule has 0 aliphatic carbocycles. The second-order valence-corrected chi connectivity index (χ2v) is 5.46. The van der Waals surface area contributed by atoms with Gasteiger partial charge in [-0.3, -0.25) is 9.63 Å². The number of hydrogen-bond donors (Lipinski definition) is 2. The van der Waals surface area contributed by atoms with Gasteiger partial charge in [-0.2, -0.15) is 0 Å². The molecule has 0 radical (unpaired) electrons. The zero-order valence-electron chi connectivity index (χ0n) is 13.4. The molecule has 25 heavy (non-hydrogen) atoms. The second-order valence-electron chi connectivity index (χ2n) is 5.46. The maximum atomic E-state index is 12.0. The van der Waals surface area contributed by atoms with E-state index >= 15 is 0 Å². The number of aromatic hydroxyl groups is 1. The molecular formula is C19H17NO5. The smallest absolute Gasteiger partial charge is 0.343 e. The maximum Gasteiger partial charge on any atom is 0.343 e. The van der Waals surface area contributed by atoms with Crippen LogP contribution in [-0.2, 0) is 11.3 Å². The van der Waals surface area contributed by atoms with Gasteiger partial charge in [-0.05, 0) is 37.1 Å². The molecule has 3 aromatic rings. The molecule has 6 nitrogen and oxygen atoms in total. The lowest BCUT2D eigenvalue weighted by Crippen LogP contribution is -2.24. The Kier molecular flexibility index (Phi) is 5.11. The van der Waals surface area contributed by atoms with Crippen molar-refractivity contribution in [3.05, 3.63) is 76.1 Å². The monoisotopic (exact) mass is 339 g/mol. The number of rotatable bonds is 6. The molecule has 1 heterocycles. The van der Waals surface area contributed by atoms with Gasteiger partial charge in [0.1, 0.15) is 11.3 Å². The van der Waals surface area contributed by atoms with Crippen molar-refractivity contribution in [2.45, 2.75) is 12.8 Å². The number of nitrogens with one attached hydrogen (secondary N) is 1. The number of carbonyl (C=O) groups is 1. The standard InChI is InChI=1S/C19H17NO5/c21-17-14-9-4-5-11-16(14)25-19(23)15(17)10-6-12-24-20-18(22)13-7-2-1-3-8-13/h1-5,7-9,11,21H,6,10,12H2,(H,20,22). The normalized spacial score (nSPS) is 10.7. The minimum absolute atomic E-state index is 0.0693. The Hall–Kier alpha value is -3.12. The van der Waals surface area contributed by atoms with E-state index in [1.54, 1.807) is 48.5 Å². The van der Waals surface area contributed by atoms with E-state index < -0.39 is 5.63 Å². The molecule has 0 aliphatic heterocycles. The minimum Gasteiger partial charge on any atom is -0.507 e. The molecule has 0 saturated carbocycles. The third-order valence-electron chi connectivity index (χ3n) is 3.75. The fourth-order valence-electron chi connectivity index (χ4n) is 2.48. The van der Waals surface area contributed by atoms with Crippen LogP contribution in [-0.4, -0.2) is 17.6 Å². The zero-order chi connectivity index (χ0) is 17.6. The number of carbonyl (C=O) groups excluding carboxylic acids is 1. The molecule has 0 unspecified atom stereocenters. The van der Waals surface area contributed by atoms with Crippen molar-refractivity contribution in [2.75, 3.05) is 6.61 Å². The van der Waals surface area contributed by atoms with E-state index in [9.17, 15) is 14.7 Å². The molecule has 1 amide bonds. The third-order valence-corrected chi connectivity index (χ3v) is 3.75. The highest BCUT2D eigenvalue weighted by molar-refractivity contribution is 5.93. The van der Waals surface area contributed by atoms with Crippen LogP contribution in [0.15, 0.2) is 63.8 Å². The molecule has 1 aromatic heterocycles. The van der Waals surface area contributed by atoms with E-state index in [1.807, 2.05) is 6.07 Å². The van der Waals surface area contributed by atoms with Gasteiger partial charge in [-0.1, -0.05) is 30.3 Å². The molecule has 0 fully saturated rings. The van der Waals surface area contributed by atoms with Crippen LogP contribution in [0.2, 0.25) is 0 Å². The van der Waals surface area contributed by atoms with Crippen molar-refractivity contribution >= 4 is 16.9 Å². The largest absolute Gasteiger partial charge is 0.507 e. The predicted octanol–water partition coefficient (Wildman–Crippen LogP) is 2.79. The average molecular weight is 339 g/mol. The van der Waals surface area contributed by atoms with Crippen LogP contribution >= 0.6 is 0 Å². The Labute approximate surface area is 143 Å². The summed E-state index contributed by atoms with van der Waals surface area (Å²) in [6.45, 7) is 0.199. The minimum atomic E-state index is -0.565. The van der Waals surface area contributed by atoms with Crippen LogP contribution in [0.25, 0.3) is 11.0 Å². The summed E-state index contributed by atoms with van der Waals surface area (Å²) >= 11 is 0. The van der Waals surface area contributed by atoms with Gasteiger partial charge in [0.15, 0.2) is 0 Å². The first kappa shape index (κ1) is 16.7. The molecule has 0 spiro atoms. The molecule has 0 aliphatic rings. The van der Waals surface area contributed by atoms with Crippen molar-refractivity contribution in [2.24, 2.45) is 0 Å². The Morgan fingerprint density at radius 3 is 2.60 bits per heavy atom. The summed E-state index contributed by atoms with van der Waals surface area (Å²) in [5, 5.41) is 10.7. The SMILES string of the molecule is O=C(NOCCCc1c(O)c2ccccc2oc1=O)c1ccccc1. The van der Waals surface area contributed by atoms with Gasteiger partial charge in [-0.25, -0.2) is 10.3 Å². The first-order valence-electron chi connectivity index (χ1n) is 7.87. The molecule has 6 heteroatoms. The molecule has 2 N–H and O–H groups in total. The van der Waals surface area contributed by atoms with Crippen molar-refractivity contribution < 1.29 is 19.2 Å². The number of hydrogen-bond acceptors (Lipinski definition) is 5. The highest BCUT2D eigenvalue weighted by Gasteiger charge is 2.13. The van der Waals surface area contributed by atoms with E-state index in [4.69, 9.17) is 9.25 Å². The topological polar surface area (TPSA) is 88.8 Å². The van der Waals surface area contributed by atoms with Gasteiger partial charge in [-0.15, -0.1) is 0 Å². The number of benzene rings is 2. The van der Waals surface area contributed by atoms with Crippen LogP contribution in [0.3, 0.4) is 0 Å². The molecule has 3 rings (SSSR count). The summed E-state index contributed by atoms with van der Waals surface area (Å²) in [6.07, 6.45) is 0.714. The van der Waals surface area contributed by atoms with E-state index in [2.05, 4.69) is 5.48 Å². The van der Waals surface area contributed by atoms with Crippen molar-refractivity contribution in [1.29, 1.82) is 0 Å². The Morgan fingerprint density at radius 2 is 1.80 bits per heavy atom. The van der Waals surface area contributed by atoms with Gasteiger partial charge in [0.05, 0.1) is 17.6 Å². The van der Waals surface area contributed by atoms with Crippen LogP contribution in [0.5, 0.6) is 5.75 Å². The van der Waals surface area contributed by atoms with Crippen LogP contribution in [0.1, 0.15) is 22.3 Å². The van der Waals surface area contributed by atoms with Gasteiger partial charge >= 0.3 is 5.63 Å². The lowest BCUT2D eigenvalue weighted by Gasteiger charge is -2.07. The van der Waals surface area contributed by atoms with Crippen LogP contribution < -0.4 is 11.1 Å². The van der Waals surface area contributed by atoms with E-state index in [0.29, 0.717) is 23.0 Å². The summed E-state index contributed by atoms with van der Waals surface area (Å²) in [6, 6.07) is 15.5. The number of fused-ring (bicyclic) bond motifs is 1. The van der Waals surface area contributed by atoms with E-state index in [-0.39, 0.29) is 30.2 Å². The van der Waals surface area contributed by atoms with Gasteiger partial charge in [0, 0.05) is 5.56 Å². The number of hydroxylamine groups is 1. The summed E-state index contributed by atoms with van der Waals surface area (Å²) in [4.78, 5) is 28.9. The Balaban J connectivity index is 1.55. The summed E-state index contributed by atoms with van der Waals surface area (Å²) in [5.74, 6) is -0.408. The van der Waals surface area contributed by atoms with Crippen molar-refractivity contribution in [1.82, 2.24) is 5.48 Å². The molecule has 0 saturated heterocycles. The summed E-state index contributed by atoms with van der Waals surface area (Å²) in [5.41, 5.74) is 2.82. The van der Waals surface area contributed by atoms with Crippen molar-refractivity contribution in [3.63, 3.8) is 0 Å². The first-order valence-corrected chi connectivity index (χ1v) is 7.87. The molecule has 128 valence electrons. The second kappa shape index (κ2) is 7.63. The zero-order valence-corrected chi connectivity index (χ0v) is 13.4. The van der Waals surface area contributed by atoms with Crippen LogP contribution in [0, 0.1) is 0 Å². The lowest BCUT2D eigenvalue weighted by molar-refractivity contribution is 0.0303. The van der Waals surface area contributed by atoms with E-state index in [0.717, 1.165) is 0 Å².